The van der Waals surface area contributed by atoms with Crippen molar-refractivity contribution in [3.8, 4) is 5.75 Å². The third-order valence-electron chi connectivity index (χ3n) is 3.05. The van der Waals surface area contributed by atoms with Crippen molar-refractivity contribution in [3.05, 3.63) is 54.6 Å². The highest BCUT2D eigenvalue weighted by Gasteiger charge is 2.01. The van der Waals surface area contributed by atoms with E-state index in [1.165, 1.54) is 21.5 Å². The summed E-state index contributed by atoms with van der Waals surface area (Å²) in [6.07, 6.45) is 0.211. The third kappa shape index (κ3) is 2.04. The fourth-order valence-corrected chi connectivity index (χ4v) is 2.26. The van der Waals surface area contributed by atoms with Crippen molar-refractivity contribution < 1.29 is 4.74 Å². The predicted octanol–water partition coefficient (Wildman–Crippen LogP) is 4.78. The molecule has 18 heavy (non-hydrogen) atoms. The van der Waals surface area contributed by atoms with Crippen LogP contribution in [0.1, 0.15) is 13.8 Å². The number of benzene rings is 3. The summed E-state index contributed by atoms with van der Waals surface area (Å²) >= 11 is 0. The summed E-state index contributed by atoms with van der Waals surface area (Å²) in [4.78, 5) is 0. The molecule has 0 aromatic heterocycles. The Labute approximate surface area is 107 Å². The molecule has 0 atom stereocenters. The molecular weight excluding hydrogens is 220 g/mol. The normalized spacial score (nSPS) is 11.3. The number of fused-ring (bicyclic) bond motifs is 2. The Kier molecular flexibility index (Phi) is 2.67. The molecule has 3 aromatic carbocycles. The van der Waals surface area contributed by atoms with Crippen molar-refractivity contribution >= 4 is 21.5 Å². The molecule has 90 valence electrons. The lowest BCUT2D eigenvalue weighted by molar-refractivity contribution is 0.243. The first-order chi connectivity index (χ1) is 8.72. The molecule has 0 heterocycles. The van der Waals surface area contributed by atoms with Crippen LogP contribution in [-0.4, -0.2) is 6.10 Å². The maximum Gasteiger partial charge on any atom is 0.120 e. The second kappa shape index (κ2) is 4.34. The predicted molar refractivity (Wildman–Crippen MR) is 77.2 cm³/mol. The van der Waals surface area contributed by atoms with Gasteiger partial charge in [-0.1, -0.05) is 30.3 Å². The Hall–Kier alpha value is -2.02. The number of rotatable bonds is 2. The Morgan fingerprint density at radius 3 is 2.00 bits per heavy atom. The summed E-state index contributed by atoms with van der Waals surface area (Å²) in [6, 6.07) is 19.2. The molecule has 0 radical (unpaired) electrons. The molecule has 0 aliphatic heterocycles. The van der Waals surface area contributed by atoms with Crippen LogP contribution < -0.4 is 4.74 Å². The highest BCUT2D eigenvalue weighted by atomic mass is 16.5. The van der Waals surface area contributed by atoms with E-state index in [2.05, 4.69) is 48.5 Å². The van der Waals surface area contributed by atoms with Gasteiger partial charge in [0.25, 0.3) is 0 Å². The maximum atomic E-state index is 5.73. The molecular formula is C17H16O. The van der Waals surface area contributed by atoms with Gasteiger partial charge in [-0.05, 0) is 59.7 Å². The van der Waals surface area contributed by atoms with Crippen molar-refractivity contribution in [2.75, 3.05) is 0 Å². The molecule has 0 unspecified atom stereocenters. The molecule has 0 fully saturated rings. The van der Waals surface area contributed by atoms with Crippen LogP contribution in [0.15, 0.2) is 54.6 Å². The van der Waals surface area contributed by atoms with Crippen molar-refractivity contribution in [2.24, 2.45) is 0 Å². The van der Waals surface area contributed by atoms with Crippen LogP contribution in [0.4, 0.5) is 0 Å². The highest BCUT2D eigenvalue weighted by molar-refractivity contribution is 5.98. The first-order valence-corrected chi connectivity index (χ1v) is 6.31. The van der Waals surface area contributed by atoms with Gasteiger partial charge in [-0.25, -0.2) is 0 Å². The average Bonchev–Trinajstić information content (AvgIpc) is 2.35. The summed E-state index contributed by atoms with van der Waals surface area (Å²) in [5, 5.41) is 5.03. The first-order valence-electron chi connectivity index (χ1n) is 6.31. The minimum atomic E-state index is 0.211. The van der Waals surface area contributed by atoms with E-state index in [0.717, 1.165) is 5.75 Å². The van der Waals surface area contributed by atoms with Crippen molar-refractivity contribution in [3.63, 3.8) is 0 Å². The molecule has 3 aromatic rings. The van der Waals surface area contributed by atoms with Crippen LogP contribution >= 0.6 is 0 Å². The van der Waals surface area contributed by atoms with E-state index < -0.39 is 0 Å². The van der Waals surface area contributed by atoms with Gasteiger partial charge in [0.15, 0.2) is 0 Å². The minimum absolute atomic E-state index is 0.211. The molecule has 1 nitrogen and oxygen atoms in total. The van der Waals surface area contributed by atoms with Crippen LogP contribution in [0.2, 0.25) is 0 Å². The van der Waals surface area contributed by atoms with Gasteiger partial charge >= 0.3 is 0 Å². The van der Waals surface area contributed by atoms with Crippen molar-refractivity contribution in [2.45, 2.75) is 20.0 Å². The Morgan fingerprint density at radius 1 is 0.722 bits per heavy atom. The van der Waals surface area contributed by atoms with E-state index in [0.29, 0.717) is 0 Å². The van der Waals surface area contributed by atoms with Crippen LogP contribution in [0.3, 0.4) is 0 Å². The van der Waals surface area contributed by atoms with Gasteiger partial charge in [-0.15, -0.1) is 0 Å². The van der Waals surface area contributed by atoms with Crippen LogP contribution in [0.25, 0.3) is 21.5 Å². The molecule has 0 spiro atoms. The zero-order valence-corrected chi connectivity index (χ0v) is 10.7. The lowest BCUT2D eigenvalue weighted by atomic mass is 10.0. The third-order valence-corrected chi connectivity index (χ3v) is 3.05. The average molecular weight is 236 g/mol. The quantitative estimate of drug-likeness (QED) is 0.582. The molecule has 3 rings (SSSR count). The fourth-order valence-electron chi connectivity index (χ4n) is 2.26. The Balaban J connectivity index is 2.18. The second-order valence-corrected chi connectivity index (χ2v) is 4.87. The van der Waals surface area contributed by atoms with Crippen LogP contribution in [0, 0.1) is 0 Å². The fraction of sp³-hybridized carbons (Fsp3) is 0.176. The van der Waals surface area contributed by atoms with Gasteiger partial charge in [0.1, 0.15) is 5.75 Å². The van der Waals surface area contributed by atoms with Crippen molar-refractivity contribution in [1.29, 1.82) is 0 Å². The minimum Gasteiger partial charge on any atom is -0.491 e. The molecule has 1 heteroatoms. The lowest BCUT2D eigenvalue weighted by Gasteiger charge is -2.10. The van der Waals surface area contributed by atoms with Crippen molar-refractivity contribution in [1.82, 2.24) is 0 Å². The second-order valence-electron chi connectivity index (χ2n) is 4.87. The van der Waals surface area contributed by atoms with E-state index in [-0.39, 0.29) is 6.10 Å². The smallest absolute Gasteiger partial charge is 0.120 e. The van der Waals surface area contributed by atoms with Gasteiger partial charge in [-0.2, -0.15) is 0 Å². The summed E-state index contributed by atoms with van der Waals surface area (Å²) in [5.74, 6) is 0.938. The van der Waals surface area contributed by atoms with Crippen LogP contribution in [0.5, 0.6) is 5.75 Å². The SMILES string of the molecule is CC(C)Oc1ccc2cc3ccccc3cc2c1. The summed E-state index contributed by atoms with van der Waals surface area (Å²) in [5.41, 5.74) is 0. The molecule has 0 saturated heterocycles. The zero-order valence-electron chi connectivity index (χ0n) is 10.7. The maximum absolute atomic E-state index is 5.73. The van der Waals surface area contributed by atoms with Gasteiger partial charge in [0, 0.05) is 0 Å². The van der Waals surface area contributed by atoms with E-state index in [1.54, 1.807) is 0 Å². The molecule has 0 amide bonds. The summed E-state index contributed by atoms with van der Waals surface area (Å²) in [7, 11) is 0. The molecule has 0 N–H and O–H groups in total. The Morgan fingerprint density at radius 2 is 1.33 bits per heavy atom. The number of hydrogen-bond acceptors (Lipinski definition) is 1. The molecule has 0 aliphatic carbocycles. The lowest BCUT2D eigenvalue weighted by Crippen LogP contribution is -2.05. The monoisotopic (exact) mass is 236 g/mol. The van der Waals surface area contributed by atoms with E-state index in [9.17, 15) is 0 Å². The van der Waals surface area contributed by atoms with E-state index in [1.807, 2.05) is 19.9 Å². The van der Waals surface area contributed by atoms with Gasteiger partial charge in [0.05, 0.1) is 6.10 Å². The molecule has 0 bridgehead atoms. The standard InChI is InChI=1S/C17H16O/c1-12(2)18-17-8-7-15-9-13-5-3-4-6-14(13)10-16(15)11-17/h3-12H,1-2H3. The molecule has 0 saturated carbocycles. The molecule has 0 aliphatic rings. The van der Waals surface area contributed by atoms with Gasteiger partial charge in [-0.3, -0.25) is 0 Å². The summed E-state index contributed by atoms with van der Waals surface area (Å²) < 4.78 is 5.73. The zero-order chi connectivity index (χ0) is 12.5. The van der Waals surface area contributed by atoms with E-state index in [4.69, 9.17) is 4.74 Å². The Bertz CT molecular complexity index is 698. The topological polar surface area (TPSA) is 9.23 Å². The van der Waals surface area contributed by atoms with E-state index >= 15 is 0 Å². The largest absolute Gasteiger partial charge is 0.491 e. The van der Waals surface area contributed by atoms with Gasteiger partial charge < -0.3 is 4.74 Å². The first kappa shape index (κ1) is 11.1. The summed E-state index contributed by atoms with van der Waals surface area (Å²) in [6.45, 7) is 4.09. The highest BCUT2D eigenvalue weighted by Crippen LogP contribution is 2.26. The number of hydrogen-bond donors (Lipinski definition) is 0. The van der Waals surface area contributed by atoms with Gasteiger partial charge in [0.2, 0.25) is 0 Å². The number of ether oxygens (including phenoxy) is 1. The van der Waals surface area contributed by atoms with Crippen LogP contribution in [-0.2, 0) is 0 Å².